The van der Waals surface area contributed by atoms with Crippen LogP contribution in [0.2, 0.25) is 0 Å². The van der Waals surface area contributed by atoms with Crippen molar-refractivity contribution in [3.05, 3.63) is 29.8 Å². The van der Waals surface area contributed by atoms with Gasteiger partial charge < -0.3 is 15.2 Å². The molecule has 1 aromatic rings. The van der Waals surface area contributed by atoms with Crippen LogP contribution >= 0.6 is 11.8 Å². The van der Waals surface area contributed by atoms with Crippen LogP contribution in [0.3, 0.4) is 0 Å². The fraction of sp³-hybridized carbons (Fsp3) is 0.500. The number of hydrogen-bond donors (Lipinski definition) is 2. The molecule has 0 radical (unpaired) electrons. The van der Waals surface area contributed by atoms with E-state index >= 15 is 0 Å². The van der Waals surface area contributed by atoms with Gasteiger partial charge in [0.05, 0.1) is 5.60 Å². The van der Waals surface area contributed by atoms with Crippen LogP contribution in [0.4, 0.5) is 0 Å². The van der Waals surface area contributed by atoms with E-state index in [1.54, 1.807) is 11.8 Å². The highest BCUT2D eigenvalue weighted by molar-refractivity contribution is 7.98. The summed E-state index contributed by atoms with van der Waals surface area (Å²) in [7, 11) is 0. The van der Waals surface area contributed by atoms with Gasteiger partial charge in [0, 0.05) is 24.4 Å². The molecule has 5 heteroatoms. The Hall–Kier alpha value is -1.22. The lowest BCUT2D eigenvalue weighted by Gasteiger charge is -2.22. The molecule has 0 aliphatic heterocycles. The van der Waals surface area contributed by atoms with Crippen LogP contribution < -0.4 is 10.1 Å². The maximum Gasteiger partial charge on any atom is 0.174 e. The van der Waals surface area contributed by atoms with Crippen molar-refractivity contribution in [1.29, 1.82) is 5.26 Å². The van der Waals surface area contributed by atoms with Gasteiger partial charge in [0.15, 0.2) is 6.61 Å². The van der Waals surface area contributed by atoms with E-state index in [-0.39, 0.29) is 6.61 Å². The van der Waals surface area contributed by atoms with Gasteiger partial charge in [-0.3, -0.25) is 0 Å². The van der Waals surface area contributed by atoms with Gasteiger partial charge in [-0.25, -0.2) is 0 Å². The molecule has 0 fully saturated rings. The Bertz CT molecular complexity index is 430. The Morgan fingerprint density at radius 1 is 1.47 bits per heavy atom. The Morgan fingerprint density at radius 2 is 2.21 bits per heavy atom. The zero-order valence-corrected chi connectivity index (χ0v) is 12.2. The third-order valence-corrected chi connectivity index (χ3v) is 3.45. The number of aliphatic hydroxyl groups is 1. The highest BCUT2D eigenvalue weighted by Gasteiger charge is 2.18. The summed E-state index contributed by atoms with van der Waals surface area (Å²) in [6.07, 6.45) is 1.97. The lowest BCUT2D eigenvalue weighted by molar-refractivity contribution is 0.0845. The zero-order chi connectivity index (χ0) is 14.1. The number of rotatable bonds is 8. The van der Waals surface area contributed by atoms with E-state index in [9.17, 15) is 5.11 Å². The first-order valence-electron chi connectivity index (χ1n) is 6.09. The monoisotopic (exact) mass is 280 g/mol. The summed E-state index contributed by atoms with van der Waals surface area (Å²) in [5.74, 6) is 1.40. The van der Waals surface area contributed by atoms with E-state index in [0.717, 1.165) is 5.56 Å². The number of nitrogens with zero attached hydrogens (tertiary/aromatic N) is 1. The van der Waals surface area contributed by atoms with Crippen LogP contribution in [0.25, 0.3) is 0 Å². The van der Waals surface area contributed by atoms with Crippen molar-refractivity contribution in [3.8, 4) is 11.8 Å². The molecule has 19 heavy (non-hydrogen) atoms. The van der Waals surface area contributed by atoms with Crippen LogP contribution in [0.15, 0.2) is 24.3 Å². The molecule has 0 aromatic heterocycles. The first-order chi connectivity index (χ1) is 9.09. The summed E-state index contributed by atoms with van der Waals surface area (Å²) >= 11 is 1.62. The first-order valence-corrected chi connectivity index (χ1v) is 7.48. The highest BCUT2D eigenvalue weighted by Crippen LogP contribution is 2.18. The molecule has 1 unspecified atom stereocenters. The van der Waals surface area contributed by atoms with Crippen LogP contribution in [-0.4, -0.2) is 35.9 Å². The summed E-state index contributed by atoms with van der Waals surface area (Å²) in [6, 6.07) is 9.55. The summed E-state index contributed by atoms with van der Waals surface area (Å²) in [6.45, 7) is 2.97. The molecule has 0 saturated carbocycles. The molecule has 4 nitrogen and oxygen atoms in total. The molecular weight excluding hydrogens is 260 g/mol. The zero-order valence-electron chi connectivity index (χ0n) is 11.3. The van der Waals surface area contributed by atoms with E-state index < -0.39 is 5.60 Å². The molecule has 104 valence electrons. The lowest BCUT2D eigenvalue weighted by atomic mass is 10.1. The molecule has 0 heterocycles. The van der Waals surface area contributed by atoms with E-state index in [1.165, 1.54) is 0 Å². The van der Waals surface area contributed by atoms with Crippen LogP contribution in [-0.2, 0) is 6.54 Å². The Kier molecular flexibility index (Phi) is 6.71. The molecule has 0 amide bonds. The molecule has 1 rings (SSSR count). The van der Waals surface area contributed by atoms with Crippen LogP contribution in [0.1, 0.15) is 12.5 Å². The number of ether oxygens (including phenoxy) is 1. The Morgan fingerprint density at radius 3 is 2.89 bits per heavy atom. The topological polar surface area (TPSA) is 65.3 Å². The molecule has 0 saturated heterocycles. The summed E-state index contributed by atoms with van der Waals surface area (Å²) in [5.41, 5.74) is 0.264. The smallest absolute Gasteiger partial charge is 0.174 e. The normalized spacial score (nSPS) is 13.6. The van der Waals surface area contributed by atoms with Gasteiger partial charge in [-0.2, -0.15) is 17.0 Å². The molecule has 0 aliphatic carbocycles. The number of hydrogen-bond acceptors (Lipinski definition) is 5. The molecular formula is C14H20N2O2S. The maximum absolute atomic E-state index is 10.0. The van der Waals surface area contributed by atoms with Crippen LogP contribution in [0, 0.1) is 11.3 Å². The summed E-state index contributed by atoms with van der Waals surface area (Å²) < 4.78 is 5.35. The third-order valence-electron chi connectivity index (χ3n) is 2.54. The minimum atomic E-state index is -0.720. The van der Waals surface area contributed by atoms with Crippen molar-refractivity contribution in [1.82, 2.24) is 5.32 Å². The lowest BCUT2D eigenvalue weighted by Crippen LogP contribution is -2.39. The quantitative estimate of drug-likeness (QED) is 0.760. The summed E-state index contributed by atoms with van der Waals surface area (Å²) in [5, 5.41) is 21.8. The van der Waals surface area contributed by atoms with Gasteiger partial charge in [-0.1, -0.05) is 18.2 Å². The van der Waals surface area contributed by atoms with Crippen molar-refractivity contribution in [2.24, 2.45) is 0 Å². The molecule has 0 aliphatic rings. The van der Waals surface area contributed by atoms with Crippen molar-refractivity contribution < 1.29 is 9.84 Å². The maximum atomic E-state index is 10.0. The van der Waals surface area contributed by atoms with Gasteiger partial charge >= 0.3 is 0 Å². The summed E-state index contributed by atoms with van der Waals surface area (Å²) in [4.78, 5) is 0. The van der Waals surface area contributed by atoms with E-state index in [1.807, 2.05) is 43.5 Å². The van der Waals surface area contributed by atoms with E-state index in [4.69, 9.17) is 10.00 Å². The van der Waals surface area contributed by atoms with Gasteiger partial charge in [0.25, 0.3) is 0 Å². The molecule has 2 N–H and O–H groups in total. The minimum Gasteiger partial charge on any atom is -0.478 e. The van der Waals surface area contributed by atoms with Crippen molar-refractivity contribution in [2.45, 2.75) is 19.1 Å². The number of nitrogens with one attached hydrogen (secondary N) is 1. The first kappa shape index (κ1) is 15.8. The van der Waals surface area contributed by atoms with E-state index in [2.05, 4.69) is 5.32 Å². The number of para-hydroxylation sites is 1. The average Bonchev–Trinajstić information content (AvgIpc) is 2.37. The van der Waals surface area contributed by atoms with Crippen molar-refractivity contribution >= 4 is 11.8 Å². The predicted octanol–water partition coefficient (Wildman–Crippen LogP) is 1.79. The second kappa shape index (κ2) is 8.05. The fourth-order valence-corrected chi connectivity index (χ4v) is 2.45. The van der Waals surface area contributed by atoms with Gasteiger partial charge in [-0.05, 0) is 19.2 Å². The number of nitriles is 1. The predicted molar refractivity (Wildman–Crippen MR) is 78.3 cm³/mol. The Labute approximate surface area is 118 Å². The van der Waals surface area contributed by atoms with Gasteiger partial charge in [-0.15, -0.1) is 0 Å². The molecule has 0 bridgehead atoms. The van der Waals surface area contributed by atoms with Crippen molar-refractivity contribution in [2.75, 3.05) is 25.2 Å². The standard InChI is InChI=1S/C14H20N2O2S/c1-14(17,11-19-2)10-16-9-12-5-3-4-6-13(12)18-8-7-15/h3-6,16-17H,8-11H2,1-2H3. The van der Waals surface area contributed by atoms with Crippen molar-refractivity contribution in [3.63, 3.8) is 0 Å². The fourth-order valence-electron chi connectivity index (χ4n) is 1.73. The second-order valence-electron chi connectivity index (χ2n) is 4.59. The SMILES string of the molecule is CSCC(C)(O)CNCc1ccccc1OCC#N. The number of thioether (sulfide) groups is 1. The second-order valence-corrected chi connectivity index (χ2v) is 5.45. The molecule has 1 aromatic carbocycles. The van der Waals surface area contributed by atoms with Gasteiger partial charge in [0.2, 0.25) is 0 Å². The minimum absolute atomic E-state index is 0.0429. The largest absolute Gasteiger partial charge is 0.478 e. The van der Waals surface area contributed by atoms with Crippen LogP contribution in [0.5, 0.6) is 5.75 Å². The van der Waals surface area contributed by atoms with Gasteiger partial charge in [0.1, 0.15) is 11.8 Å². The number of benzene rings is 1. The molecule has 1 atom stereocenters. The molecule has 0 spiro atoms. The third kappa shape index (κ3) is 5.97. The van der Waals surface area contributed by atoms with E-state index in [0.29, 0.717) is 24.6 Å². The Balaban J connectivity index is 2.51. The highest BCUT2D eigenvalue weighted by atomic mass is 32.2. The average molecular weight is 280 g/mol.